The van der Waals surface area contributed by atoms with Crippen molar-refractivity contribution < 1.29 is 18.3 Å². The summed E-state index contributed by atoms with van der Waals surface area (Å²) in [5.41, 5.74) is 0.990. The van der Waals surface area contributed by atoms with Gasteiger partial charge in [-0.3, -0.25) is 4.79 Å². The molecule has 0 atom stereocenters. The van der Waals surface area contributed by atoms with Gasteiger partial charge >= 0.3 is 0 Å². The highest BCUT2D eigenvalue weighted by Gasteiger charge is 2.06. The van der Waals surface area contributed by atoms with Crippen LogP contribution in [-0.4, -0.2) is 44.2 Å². The minimum atomic E-state index is -3.28. The molecule has 0 aliphatic carbocycles. The van der Waals surface area contributed by atoms with Gasteiger partial charge < -0.3 is 10.0 Å². The number of carbonyl (C=O) groups is 1. The quantitative estimate of drug-likeness (QED) is 0.816. The fourth-order valence-electron chi connectivity index (χ4n) is 1.38. The number of hydrogen-bond acceptors (Lipinski definition) is 4. The predicted molar refractivity (Wildman–Crippen MR) is 73.4 cm³/mol. The van der Waals surface area contributed by atoms with Crippen molar-refractivity contribution in [3.05, 3.63) is 41.3 Å². The lowest BCUT2D eigenvalue weighted by atomic mass is 10.1. The maximum absolute atomic E-state index is 11.6. The molecule has 5 nitrogen and oxygen atoms in total. The summed E-state index contributed by atoms with van der Waals surface area (Å²) in [5.74, 6) is -0.159. The van der Waals surface area contributed by atoms with Gasteiger partial charge in [0.25, 0.3) is 0 Å². The first-order valence-corrected chi connectivity index (χ1v) is 7.64. The van der Waals surface area contributed by atoms with Crippen molar-refractivity contribution in [1.29, 1.82) is 0 Å². The van der Waals surface area contributed by atoms with Crippen LogP contribution in [-0.2, 0) is 21.1 Å². The fourth-order valence-corrected chi connectivity index (χ4v) is 1.74. The number of sulfone groups is 1. The molecule has 6 heteroatoms. The van der Waals surface area contributed by atoms with Gasteiger partial charge in [0.15, 0.2) is 9.84 Å². The third-order valence-electron chi connectivity index (χ3n) is 2.51. The molecule has 0 unspecified atom stereocenters. The van der Waals surface area contributed by atoms with Gasteiger partial charge in [0, 0.05) is 31.3 Å². The van der Waals surface area contributed by atoms with Crippen LogP contribution in [0, 0.1) is 0 Å². The number of hydrogen-bond donors (Lipinski definition) is 1. The Bertz CT molecular complexity index is 561. The zero-order valence-electron chi connectivity index (χ0n) is 10.9. The van der Waals surface area contributed by atoms with Crippen LogP contribution < -0.4 is 0 Å². The number of benzene rings is 1. The maximum atomic E-state index is 11.6. The molecule has 0 aliphatic rings. The predicted octanol–water partition coefficient (Wildman–Crippen LogP) is 0.951. The van der Waals surface area contributed by atoms with Crippen LogP contribution >= 0.6 is 0 Å². The zero-order chi connectivity index (χ0) is 14.5. The Morgan fingerprint density at radius 2 is 1.89 bits per heavy atom. The minimum absolute atomic E-state index is 0.198. The summed E-state index contributed by atoms with van der Waals surface area (Å²) in [7, 11) is -1.67. The molecule has 0 spiro atoms. The lowest BCUT2D eigenvalue weighted by molar-refractivity contribution is -0.124. The maximum Gasteiger partial charge on any atom is 0.247 e. The van der Waals surface area contributed by atoms with Crippen molar-refractivity contribution in [3.63, 3.8) is 0 Å². The van der Waals surface area contributed by atoms with Gasteiger partial charge in [-0.15, -0.1) is 0 Å². The summed E-state index contributed by atoms with van der Waals surface area (Å²) in [6.45, 7) is 0.470. The second-order valence-corrected chi connectivity index (χ2v) is 6.24. The Balaban J connectivity index is 2.51. The highest BCUT2D eigenvalue weighted by Crippen LogP contribution is 2.10. The van der Waals surface area contributed by atoms with Crippen molar-refractivity contribution in [1.82, 2.24) is 4.90 Å². The highest BCUT2D eigenvalue weighted by atomic mass is 32.2. The van der Waals surface area contributed by atoms with E-state index in [2.05, 4.69) is 0 Å². The summed E-state index contributed by atoms with van der Waals surface area (Å²) >= 11 is 0. The summed E-state index contributed by atoms with van der Waals surface area (Å²) in [6, 6.07) is 6.72. The van der Waals surface area contributed by atoms with E-state index in [1.165, 1.54) is 4.90 Å². The first kappa shape index (κ1) is 15.2. The minimum Gasteiger partial charge on any atom is -0.508 e. The van der Waals surface area contributed by atoms with Gasteiger partial charge in [0.2, 0.25) is 5.91 Å². The summed E-state index contributed by atoms with van der Waals surface area (Å²) in [6.07, 6.45) is 2.72. The first-order chi connectivity index (χ1) is 8.78. The van der Waals surface area contributed by atoms with E-state index in [1.54, 1.807) is 31.3 Å². The fraction of sp³-hybridized carbons (Fsp3) is 0.308. The van der Waals surface area contributed by atoms with Gasteiger partial charge in [0.1, 0.15) is 5.75 Å². The largest absolute Gasteiger partial charge is 0.508 e. The zero-order valence-corrected chi connectivity index (χ0v) is 11.7. The van der Waals surface area contributed by atoms with E-state index in [0.717, 1.165) is 23.3 Å². The lowest BCUT2D eigenvalue weighted by Crippen LogP contribution is -2.27. The second kappa shape index (κ2) is 6.38. The lowest BCUT2D eigenvalue weighted by Gasteiger charge is -2.14. The molecule has 1 amide bonds. The van der Waals surface area contributed by atoms with Crippen molar-refractivity contribution >= 4 is 15.7 Å². The smallest absolute Gasteiger partial charge is 0.247 e. The number of nitrogens with zero attached hydrogens (tertiary/aromatic N) is 1. The molecule has 0 fully saturated rings. The SMILES string of the molecule is CN(CCc1ccc(O)cc1)C(=O)C=CS(C)(=O)=O. The summed E-state index contributed by atoms with van der Waals surface area (Å²) in [4.78, 5) is 13.0. The second-order valence-electron chi connectivity index (χ2n) is 4.31. The number of likely N-dealkylation sites (N-methyl/N-ethyl adjacent to an activating group) is 1. The van der Waals surface area contributed by atoms with E-state index in [4.69, 9.17) is 5.11 Å². The molecule has 0 radical (unpaired) electrons. The summed E-state index contributed by atoms with van der Waals surface area (Å²) < 4.78 is 21.8. The van der Waals surface area contributed by atoms with Gasteiger partial charge in [-0.05, 0) is 24.1 Å². The van der Waals surface area contributed by atoms with Gasteiger partial charge in [-0.1, -0.05) is 12.1 Å². The van der Waals surface area contributed by atoms with E-state index in [-0.39, 0.29) is 11.7 Å². The molecule has 104 valence electrons. The molecule has 0 bridgehead atoms. The Morgan fingerprint density at radius 3 is 2.42 bits per heavy atom. The molecule has 19 heavy (non-hydrogen) atoms. The molecule has 0 aromatic heterocycles. The normalized spacial score (nSPS) is 11.7. The molecule has 1 aromatic carbocycles. The number of phenols is 1. The molecule has 0 heterocycles. The summed E-state index contributed by atoms with van der Waals surface area (Å²) in [5, 5.41) is 10.0. The number of amides is 1. The van der Waals surface area contributed by atoms with Crippen LogP contribution in [0.2, 0.25) is 0 Å². The van der Waals surface area contributed by atoms with E-state index in [0.29, 0.717) is 13.0 Å². The molecular formula is C13H17NO4S. The highest BCUT2D eigenvalue weighted by molar-refractivity contribution is 7.93. The Labute approximate surface area is 113 Å². The van der Waals surface area contributed by atoms with Gasteiger partial charge in [-0.2, -0.15) is 0 Å². The molecule has 1 N–H and O–H groups in total. The Morgan fingerprint density at radius 1 is 1.32 bits per heavy atom. The average Bonchev–Trinajstić information content (AvgIpc) is 2.34. The van der Waals surface area contributed by atoms with E-state index < -0.39 is 9.84 Å². The monoisotopic (exact) mass is 283 g/mol. The molecular weight excluding hydrogens is 266 g/mol. The van der Waals surface area contributed by atoms with Crippen molar-refractivity contribution in [2.24, 2.45) is 0 Å². The number of aromatic hydroxyl groups is 1. The first-order valence-electron chi connectivity index (χ1n) is 5.69. The van der Waals surface area contributed by atoms with Crippen molar-refractivity contribution in [3.8, 4) is 5.75 Å². The van der Waals surface area contributed by atoms with Crippen LogP contribution in [0.15, 0.2) is 35.7 Å². The Kier molecular flexibility index (Phi) is 5.11. The molecule has 0 aliphatic heterocycles. The van der Waals surface area contributed by atoms with Crippen LogP contribution in [0.25, 0.3) is 0 Å². The van der Waals surface area contributed by atoms with Crippen molar-refractivity contribution in [2.45, 2.75) is 6.42 Å². The third-order valence-corrected chi connectivity index (χ3v) is 3.14. The van der Waals surface area contributed by atoms with Crippen LogP contribution in [0.5, 0.6) is 5.75 Å². The molecule has 1 rings (SSSR count). The topological polar surface area (TPSA) is 74.7 Å². The molecule has 0 saturated carbocycles. The number of carbonyl (C=O) groups excluding carboxylic acids is 1. The average molecular weight is 283 g/mol. The molecule has 0 saturated heterocycles. The number of phenolic OH excluding ortho intramolecular Hbond substituents is 1. The standard InChI is InChI=1S/C13H17NO4S/c1-14(13(16)8-10-19(2,17)18)9-7-11-3-5-12(15)6-4-11/h3-6,8,10,15H,7,9H2,1-2H3. The van der Waals surface area contributed by atoms with Crippen LogP contribution in [0.3, 0.4) is 0 Å². The number of rotatable bonds is 5. The van der Waals surface area contributed by atoms with Gasteiger partial charge in [0.05, 0.1) is 0 Å². The van der Waals surface area contributed by atoms with Crippen LogP contribution in [0.1, 0.15) is 5.56 Å². The van der Waals surface area contributed by atoms with E-state index in [1.807, 2.05) is 0 Å². The van der Waals surface area contributed by atoms with Crippen molar-refractivity contribution in [2.75, 3.05) is 19.8 Å². The third kappa shape index (κ3) is 6.05. The van der Waals surface area contributed by atoms with Crippen LogP contribution in [0.4, 0.5) is 0 Å². The van der Waals surface area contributed by atoms with Gasteiger partial charge in [-0.25, -0.2) is 8.42 Å². The Hall–Kier alpha value is -1.82. The van der Waals surface area contributed by atoms with E-state index in [9.17, 15) is 13.2 Å². The van der Waals surface area contributed by atoms with E-state index >= 15 is 0 Å². The molecule has 1 aromatic rings.